The summed E-state index contributed by atoms with van der Waals surface area (Å²) in [4.78, 5) is 0. The fraction of sp³-hybridized carbons (Fsp3) is 0.133. The van der Waals surface area contributed by atoms with Gasteiger partial charge in [0.15, 0.2) is 5.11 Å². The summed E-state index contributed by atoms with van der Waals surface area (Å²) in [6.07, 6.45) is 0. The van der Waals surface area contributed by atoms with Crippen LogP contribution in [0.15, 0.2) is 36.4 Å². The molecular formula is C15H14Cl2N2S. The monoisotopic (exact) mass is 324 g/mol. The van der Waals surface area contributed by atoms with Crippen molar-refractivity contribution < 1.29 is 0 Å². The van der Waals surface area contributed by atoms with Crippen LogP contribution in [-0.4, -0.2) is 5.11 Å². The molecule has 0 aliphatic carbocycles. The number of hydrogen-bond donors (Lipinski definition) is 2. The molecule has 0 saturated carbocycles. The predicted octanol–water partition coefficient (Wildman–Crippen LogP) is 5.42. The van der Waals surface area contributed by atoms with Crippen LogP contribution < -0.4 is 10.6 Å². The molecule has 0 amide bonds. The second-order valence-corrected chi connectivity index (χ2v) is 5.62. The van der Waals surface area contributed by atoms with Gasteiger partial charge in [-0.2, -0.15) is 0 Å². The Hall–Kier alpha value is -1.29. The lowest BCUT2D eigenvalue weighted by molar-refractivity contribution is 1.45. The summed E-state index contributed by atoms with van der Waals surface area (Å²) in [5.41, 5.74) is 3.53. The Morgan fingerprint density at radius 3 is 1.65 bits per heavy atom. The topological polar surface area (TPSA) is 24.1 Å². The highest BCUT2D eigenvalue weighted by Gasteiger charge is 2.07. The lowest BCUT2D eigenvalue weighted by Gasteiger charge is -2.14. The van der Waals surface area contributed by atoms with Crippen LogP contribution >= 0.6 is 35.4 Å². The molecule has 0 unspecified atom stereocenters. The number of rotatable bonds is 2. The Labute approximate surface area is 134 Å². The van der Waals surface area contributed by atoms with Crippen molar-refractivity contribution in [2.75, 3.05) is 10.6 Å². The number of benzene rings is 2. The van der Waals surface area contributed by atoms with E-state index < -0.39 is 0 Å². The van der Waals surface area contributed by atoms with Crippen molar-refractivity contribution in [3.63, 3.8) is 0 Å². The third-order valence-electron chi connectivity index (χ3n) is 2.88. The van der Waals surface area contributed by atoms with Crippen molar-refractivity contribution in [1.82, 2.24) is 0 Å². The van der Waals surface area contributed by atoms with Crippen LogP contribution in [0, 0.1) is 13.8 Å². The van der Waals surface area contributed by atoms with Gasteiger partial charge in [-0.3, -0.25) is 0 Å². The van der Waals surface area contributed by atoms with Crippen LogP contribution in [0.4, 0.5) is 11.4 Å². The zero-order valence-corrected chi connectivity index (χ0v) is 13.5. The van der Waals surface area contributed by atoms with Gasteiger partial charge in [-0.1, -0.05) is 47.5 Å². The first-order chi connectivity index (χ1) is 9.49. The molecule has 2 N–H and O–H groups in total. The summed E-state index contributed by atoms with van der Waals surface area (Å²) in [7, 11) is 0. The summed E-state index contributed by atoms with van der Waals surface area (Å²) < 4.78 is 0. The molecular weight excluding hydrogens is 311 g/mol. The number of thiocarbonyl (C=S) groups is 1. The zero-order valence-electron chi connectivity index (χ0n) is 11.1. The van der Waals surface area contributed by atoms with Gasteiger partial charge in [0.1, 0.15) is 0 Å². The van der Waals surface area contributed by atoms with E-state index in [1.54, 1.807) is 0 Å². The SMILES string of the molecule is Cc1cccc(NC(=S)Nc2cccc(C)c2Cl)c1Cl. The first-order valence-electron chi connectivity index (χ1n) is 6.07. The second-order valence-electron chi connectivity index (χ2n) is 4.45. The van der Waals surface area contributed by atoms with Gasteiger partial charge in [-0.05, 0) is 49.3 Å². The summed E-state index contributed by atoms with van der Waals surface area (Å²) in [6, 6.07) is 11.5. The van der Waals surface area contributed by atoms with Gasteiger partial charge in [-0.15, -0.1) is 0 Å². The normalized spacial score (nSPS) is 10.2. The van der Waals surface area contributed by atoms with E-state index in [-0.39, 0.29) is 0 Å². The highest BCUT2D eigenvalue weighted by molar-refractivity contribution is 7.80. The van der Waals surface area contributed by atoms with Gasteiger partial charge < -0.3 is 10.6 Å². The molecule has 0 fully saturated rings. The lowest BCUT2D eigenvalue weighted by atomic mass is 10.2. The fourth-order valence-electron chi connectivity index (χ4n) is 1.76. The molecule has 2 rings (SSSR count). The lowest BCUT2D eigenvalue weighted by Crippen LogP contribution is -2.19. The highest BCUT2D eigenvalue weighted by Crippen LogP contribution is 2.27. The zero-order chi connectivity index (χ0) is 14.7. The van der Waals surface area contributed by atoms with E-state index in [1.165, 1.54) is 0 Å². The van der Waals surface area contributed by atoms with E-state index in [2.05, 4.69) is 10.6 Å². The third-order valence-corrected chi connectivity index (χ3v) is 4.09. The maximum atomic E-state index is 6.22. The highest BCUT2D eigenvalue weighted by atomic mass is 35.5. The molecule has 2 nitrogen and oxygen atoms in total. The molecule has 0 atom stereocenters. The summed E-state index contributed by atoms with van der Waals surface area (Å²) in [6.45, 7) is 3.89. The Bertz CT molecular complexity index is 601. The summed E-state index contributed by atoms with van der Waals surface area (Å²) in [5.74, 6) is 0. The molecule has 0 saturated heterocycles. The van der Waals surface area contributed by atoms with E-state index in [4.69, 9.17) is 35.4 Å². The van der Waals surface area contributed by atoms with E-state index in [9.17, 15) is 0 Å². The van der Waals surface area contributed by atoms with Crippen molar-refractivity contribution in [2.45, 2.75) is 13.8 Å². The fourth-order valence-corrected chi connectivity index (χ4v) is 2.33. The van der Waals surface area contributed by atoms with E-state index in [1.807, 2.05) is 50.2 Å². The third kappa shape index (κ3) is 3.42. The Balaban J connectivity index is 2.13. The first kappa shape index (κ1) is 15.1. The number of nitrogens with one attached hydrogen (secondary N) is 2. The molecule has 5 heteroatoms. The average Bonchev–Trinajstić information content (AvgIpc) is 2.40. The quantitative estimate of drug-likeness (QED) is 0.721. The molecule has 0 spiro atoms. The van der Waals surface area contributed by atoms with Gasteiger partial charge in [-0.25, -0.2) is 0 Å². The van der Waals surface area contributed by atoms with Gasteiger partial charge >= 0.3 is 0 Å². The second kappa shape index (κ2) is 6.44. The number of anilines is 2. The number of aryl methyl sites for hydroxylation is 2. The largest absolute Gasteiger partial charge is 0.331 e. The van der Waals surface area contributed by atoms with Crippen LogP contribution in [0.3, 0.4) is 0 Å². The Morgan fingerprint density at radius 2 is 1.25 bits per heavy atom. The van der Waals surface area contributed by atoms with Crippen LogP contribution in [-0.2, 0) is 0 Å². The minimum Gasteiger partial charge on any atom is -0.331 e. The van der Waals surface area contributed by atoms with E-state index in [0.29, 0.717) is 15.2 Å². The standard InChI is InChI=1S/C15H14Cl2N2S/c1-9-5-3-7-11(13(9)16)18-15(20)19-12-8-4-6-10(2)14(12)17/h3-8H,1-2H3,(H2,18,19,20). The first-order valence-corrected chi connectivity index (χ1v) is 7.23. The molecule has 2 aromatic rings. The van der Waals surface area contributed by atoms with Gasteiger partial charge in [0, 0.05) is 0 Å². The Kier molecular flexibility index (Phi) is 4.86. The minimum atomic E-state index is 0.449. The summed E-state index contributed by atoms with van der Waals surface area (Å²) >= 11 is 17.7. The van der Waals surface area contributed by atoms with E-state index >= 15 is 0 Å². The van der Waals surface area contributed by atoms with Crippen molar-refractivity contribution in [1.29, 1.82) is 0 Å². The summed E-state index contributed by atoms with van der Waals surface area (Å²) in [5, 5.41) is 7.92. The van der Waals surface area contributed by atoms with E-state index in [0.717, 1.165) is 22.5 Å². The van der Waals surface area contributed by atoms with Crippen molar-refractivity contribution >= 4 is 51.9 Å². The molecule has 104 valence electrons. The van der Waals surface area contributed by atoms with Crippen LogP contribution in [0.5, 0.6) is 0 Å². The Morgan fingerprint density at radius 1 is 0.850 bits per heavy atom. The number of hydrogen-bond acceptors (Lipinski definition) is 1. The molecule has 0 heterocycles. The smallest absolute Gasteiger partial charge is 0.175 e. The van der Waals surface area contributed by atoms with Crippen molar-refractivity contribution in [2.24, 2.45) is 0 Å². The van der Waals surface area contributed by atoms with Gasteiger partial charge in [0.2, 0.25) is 0 Å². The van der Waals surface area contributed by atoms with Crippen LogP contribution in [0.1, 0.15) is 11.1 Å². The molecule has 0 bridgehead atoms. The maximum Gasteiger partial charge on any atom is 0.175 e. The molecule has 0 aromatic heterocycles. The van der Waals surface area contributed by atoms with Crippen molar-refractivity contribution in [3.8, 4) is 0 Å². The minimum absolute atomic E-state index is 0.449. The molecule has 0 aliphatic rings. The molecule has 0 aliphatic heterocycles. The number of halogens is 2. The molecule has 20 heavy (non-hydrogen) atoms. The van der Waals surface area contributed by atoms with Crippen LogP contribution in [0.2, 0.25) is 10.0 Å². The molecule has 0 radical (unpaired) electrons. The maximum absolute atomic E-state index is 6.22. The molecule has 2 aromatic carbocycles. The predicted molar refractivity (Wildman–Crippen MR) is 92.2 cm³/mol. The van der Waals surface area contributed by atoms with Crippen molar-refractivity contribution in [3.05, 3.63) is 57.6 Å². The van der Waals surface area contributed by atoms with Gasteiger partial charge in [0.05, 0.1) is 21.4 Å². The van der Waals surface area contributed by atoms with Crippen LogP contribution in [0.25, 0.3) is 0 Å². The average molecular weight is 325 g/mol. The van der Waals surface area contributed by atoms with Gasteiger partial charge in [0.25, 0.3) is 0 Å².